The fraction of sp³-hybridized carbons (Fsp3) is 0.133. The van der Waals surface area contributed by atoms with Crippen molar-refractivity contribution >= 4 is 38.6 Å². The minimum Gasteiger partial charge on any atom is -0.293 e. The van der Waals surface area contributed by atoms with Crippen molar-refractivity contribution in [2.24, 2.45) is 0 Å². The van der Waals surface area contributed by atoms with Gasteiger partial charge in [-0.1, -0.05) is 15.9 Å². The molecule has 0 aliphatic heterocycles. The van der Waals surface area contributed by atoms with Crippen LogP contribution in [0.4, 0.5) is 8.78 Å². The summed E-state index contributed by atoms with van der Waals surface area (Å²) in [4.78, 5) is 4.36. The van der Waals surface area contributed by atoms with E-state index in [1.54, 1.807) is 22.8 Å². The number of imidazole rings is 1. The SMILES string of the molecule is Fc1ccc2c(c1)nc(CCCl)n2-c1ccc(Br)cc1F. The third kappa shape index (κ3) is 2.68. The molecule has 0 atom stereocenters. The summed E-state index contributed by atoms with van der Waals surface area (Å²) in [5, 5.41) is 0. The highest BCUT2D eigenvalue weighted by atomic mass is 79.9. The van der Waals surface area contributed by atoms with Gasteiger partial charge in [-0.05, 0) is 30.3 Å². The predicted octanol–water partition coefficient (Wildman–Crippen LogP) is 4.85. The number of nitrogens with zero attached hydrogens (tertiary/aromatic N) is 2. The van der Waals surface area contributed by atoms with Gasteiger partial charge in [-0.3, -0.25) is 4.57 Å². The number of hydrogen-bond donors (Lipinski definition) is 0. The molecular formula is C15H10BrClF2N2. The largest absolute Gasteiger partial charge is 0.293 e. The summed E-state index contributed by atoms with van der Waals surface area (Å²) in [5.41, 5.74) is 1.50. The van der Waals surface area contributed by atoms with E-state index >= 15 is 0 Å². The lowest BCUT2D eigenvalue weighted by molar-refractivity contribution is 0.616. The molecule has 0 fully saturated rings. The molecule has 3 aromatic rings. The van der Waals surface area contributed by atoms with Crippen LogP contribution >= 0.6 is 27.5 Å². The molecule has 2 aromatic carbocycles. The second kappa shape index (κ2) is 5.73. The van der Waals surface area contributed by atoms with Crippen LogP contribution in [0.3, 0.4) is 0 Å². The summed E-state index contributed by atoms with van der Waals surface area (Å²) in [7, 11) is 0. The molecule has 0 aliphatic rings. The average molecular weight is 372 g/mol. The third-order valence-corrected chi connectivity index (χ3v) is 3.84. The molecule has 0 radical (unpaired) electrons. The van der Waals surface area contributed by atoms with Crippen molar-refractivity contribution in [3.8, 4) is 5.69 Å². The standard InChI is InChI=1S/C15H10BrClF2N2/c16-9-1-3-13(11(19)7-9)21-14-4-2-10(18)8-12(14)20-15(21)5-6-17/h1-4,7-8H,5-6H2. The smallest absolute Gasteiger partial charge is 0.148 e. The van der Waals surface area contributed by atoms with Gasteiger partial charge in [0.2, 0.25) is 0 Å². The molecule has 0 bridgehead atoms. The number of alkyl halides is 1. The van der Waals surface area contributed by atoms with Crippen molar-refractivity contribution in [3.05, 3.63) is 58.3 Å². The Labute approximate surface area is 133 Å². The van der Waals surface area contributed by atoms with Gasteiger partial charge in [0.25, 0.3) is 0 Å². The van der Waals surface area contributed by atoms with Crippen molar-refractivity contribution in [2.75, 3.05) is 5.88 Å². The summed E-state index contributed by atoms with van der Waals surface area (Å²) < 4.78 is 29.9. The summed E-state index contributed by atoms with van der Waals surface area (Å²) in [6, 6.07) is 9.05. The maximum atomic E-state index is 14.3. The molecule has 21 heavy (non-hydrogen) atoms. The lowest BCUT2D eigenvalue weighted by atomic mass is 10.2. The third-order valence-electron chi connectivity index (χ3n) is 3.15. The van der Waals surface area contributed by atoms with E-state index in [2.05, 4.69) is 20.9 Å². The van der Waals surface area contributed by atoms with Crippen LogP contribution in [0.2, 0.25) is 0 Å². The van der Waals surface area contributed by atoms with E-state index in [4.69, 9.17) is 11.6 Å². The lowest BCUT2D eigenvalue weighted by Crippen LogP contribution is -2.04. The van der Waals surface area contributed by atoms with Crippen LogP contribution in [0.25, 0.3) is 16.7 Å². The molecule has 108 valence electrons. The Bertz CT molecular complexity index is 817. The van der Waals surface area contributed by atoms with Crippen LogP contribution in [0, 0.1) is 11.6 Å². The van der Waals surface area contributed by atoms with E-state index in [9.17, 15) is 8.78 Å². The molecule has 0 amide bonds. The van der Waals surface area contributed by atoms with Crippen molar-refractivity contribution in [3.63, 3.8) is 0 Å². The Hall–Kier alpha value is -1.46. The van der Waals surface area contributed by atoms with Gasteiger partial charge < -0.3 is 0 Å². The molecule has 2 nitrogen and oxygen atoms in total. The van der Waals surface area contributed by atoms with Crippen molar-refractivity contribution in [1.82, 2.24) is 9.55 Å². The normalized spacial score (nSPS) is 11.2. The monoisotopic (exact) mass is 370 g/mol. The van der Waals surface area contributed by atoms with E-state index in [0.717, 1.165) is 0 Å². The molecule has 0 spiro atoms. The molecular weight excluding hydrogens is 362 g/mol. The number of fused-ring (bicyclic) bond motifs is 1. The molecule has 1 heterocycles. The van der Waals surface area contributed by atoms with E-state index < -0.39 is 0 Å². The number of halogens is 4. The zero-order valence-corrected chi connectivity index (χ0v) is 13.1. The number of rotatable bonds is 3. The van der Waals surface area contributed by atoms with Crippen LogP contribution in [-0.2, 0) is 6.42 Å². The van der Waals surface area contributed by atoms with E-state index in [1.807, 2.05) is 0 Å². The second-order valence-electron chi connectivity index (χ2n) is 4.53. The van der Waals surface area contributed by atoms with Crippen LogP contribution in [0.15, 0.2) is 40.9 Å². The maximum absolute atomic E-state index is 14.3. The Kier molecular flexibility index (Phi) is 3.95. The predicted molar refractivity (Wildman–Crippen MR) is 83.1 cm³/mol. The first-order chi connectivity index (χ1) is 10.1. The van der Waals surface area contributed by atoms with Gasteiger partial charge in [0.15, 0.2) is 0 Å². The molecule has 6 heteroatoms. The minimum atomic E-state index is -0.385. The van der Waals surface area contributed by atoms with Crippen molar-refractivity contribution in [1.29, 1.82) is 0 Å². The molecule has 0 unspecified atom stereocenters. The molecule has 1 aromatic heterocycles. The van der Waals surface area contributed by atoms with E-state index in [0.29, 0.717) is 39.3 Å². The summed E-state index contributed by atoms with van der Waals surface area (Å²) in [5.74, 6) is 0.195. The highest BCUT2D eigenvalue weighted by Crippen LogP contribution is 2.26. The number of hydrogen-bond acceptors (Lipinski definition) is 1. The lowest BCUT2D eigenvalue weighted by Gasteiger charge is -2.10. The van der Waals surface area contributed by atoms with E-state index in [-0.39, 0.29) is 11.6 Å². The van der Waals surface area contributed by atoms with Gasteiger partial charge in [-0.25, -0.2) is 13.8 Å². The fourth-order valence-electron chi connectivity index (χ4n) is 2.29. The number of benzene rings is 2. The van der Waals surface area contributed by atoms with Crippen molar-refractivity contribution in [2.45, 2.75) is 6.42 Å². The Morgan fingerprint density at radius 2 is 1.95 bits per heavy atom. The molecule has 0 aliphatic carbocycles. The van der Waals surface area contributed by atoms with Gasteiger partial charge in [0.1, 0.15) is 17.5 Å². The first-order valence-corrected chi connectivity index (χ1v) is 7.61. The first-order valence-electron chi connectivity index (χ1n) is 6.28. The van der Waals surface area contributed by atoms with Gasteiger partial charge in [-0.2, -0.15) is 0 Å². The topological polar surface area (TPSA) is 17.8 Å². The molecule has 0 N–H and O–H groups in total. The van der Waals surface area contributed by atoms with Crippen LogP contribution in [0.5, 0.6) is 0 Å². The summed E-state index contributed by atoms with van der Waals surface area (Å²) in [6.45, 7) is 0. The molecule has 3 rings (SSSR count). The number of aryl methyl sites for hydroxylation is 1. The van der Waals surface area contributed by atoms with Crippen LogP contribution in [0.1, 0.15) is 5.82 Å². The zero-order valence-electron chi connectivity index (χ0n) is 10.8. The van der Waals surface area contributed by atoms with Gasteiger partial charge in [0, 0.05) is 22.8 Å². The molecule has 0 saturated carbocycles. The average Bonchev–Trinajstić information content (AvgIpc) is 2.76. The summed E-state index contributed by atoms with van der Waals surface area (Å²) in [6.07, 6.45) is 0.466. The Balaban J connectivity index is 2.30. The summed E-state index contributed by atoms with van der Waals surface area (Å²) >= 11 is 9.02. The number of aromatic nitrogens is 2. The van der Waals surface area contributed by atoms with E-state index in [1.165, 1.54) is 18.2 Å². The molecule has 0 saturated heterocycles. The van der Waals surface area contributed by atoms with Gasteiger partial charge in [-0.15, -0.1) is 11.6 Å². The fourth-order valence-corrected chi connectivity index (χ4v) is 2.79. The van der Waals surface area contributed by atoms with Crippen molar-refractivity contribution < 1.29 is 8.78 Å². The highest BCUT2D eigenvalue weighted by molar-refractivity contribution is 9.10. The first kappa shape index (κ1) is 14.5. The second-order valence-corrected chi connectivity index (χ2v) is 5.82. The van der Waals surface area contributed by atoms with Crippen LogP contribution in [-0.4, -0.2) is 15.4 Å². The highest BCUT2D eigenvalue weighted by Gasteiger charge is 2.15. The minimum absolute atomic E-state index is 0.351. The Morgan fingerprint density at radius 1 is 1.14 bits per heavy atom. The quantitative estimate of drug-likeness (QED) is 0.602. The zero-order chi connectivity index (χ0) is 15.0. The maximum Gasteiger partial charge on any atom is 0.148 e. The van der Waals surface area contributed by atoms with Gasteiger partial charge in [0.05, 0.1) is 16.7 Å². The van der Waals surface area contributed by atoms with Gasteiger partial charge >= 0.3 is 0 Å². The Morgan fingerprint density at radius 3 is 2.67 bits per heavy atom. The van der Waals surface area contributed by atoms with Crippen LogP contribution < -0.4 is 0 Å².